The zero-order valence-corrected chi connectivity index (χ0v) is 29.9. The van der Waals surface area contributed by atoms with Gasteiger partial charge in [0.15, 0.2) is 11.6 Å². The number of rotatable bonds is 22. The van der Waals surface area contributed by atoms with E-state index in [1.807, 2.05) is 31.2 Å². The summed E-state index contributed by atoms with van der Waals surface area (Å²) in [5.41, 5.74) is 2.68. The molecule has 0 bridgehead atoms. The number of ether oxygens (including phenoxy) is 3. The molecule has 1 atom stereocenters. The van der Waals surface area contributed by atoms with E-state index in [-0.39, 0.29) is 17.8 Å². The van der Waals surface area contributed by atoms with Gasteiger partial charge in [-0.2, -0.15) is 0 Å². The number of carbonyl (C=O) groups excluding carboxylic acids is 2. The summed E-state index contributed by atoms with van der Waals surface area (Å²) in [5.74, 6) is 4.05. The monoisotopic (exact) mass is 670 g/mol. The molecule has 3 aromatic carbocycles. The van der Waals surface area contributed by atoms with Crippen LogP contribution in [0, 0.1) is 17.7 Å². The number of carbonyl (C=O) groups is 2. The first-order valence-electron chi connectivity index (χ1n) is 18.5. The normalized spacial score (nSPS) is 11.3. The van der Waals surface area contributed by atoms with E-state index in [4.69, 9.17) is 14.2 Å². The number of benzene rings is 3. The van der Waals surface area contributed by atoms with Crippen molar-refractivity contribution in [2.24, 2.45) is 0 Å². The lowest BCUT2D eigenvalue weighted by Crippen LogP contribution is -2.15. The van der Waals surface area contributed by atoms with Crippen LogP contribution in [0.25, 0.3) is 11.1 Å². The summed E-state index contributed by atoms with van der Waals surface area (Å²) in [6, 6.07) is 18.7. The Morgan fingerprint density at radius 2 is 1.24 bits per heavy atom. The quantitative estimate of drug-likeness (QED) is 0.0461. The maximum atomic E-state index is 14.6. The maximum Gasteiger partial charge on any atom is 0.390 e. The minimum atomic E-state index is -0.743. The summed E-state index contributed by atoms with van der Waals surface area (Å²) >= 11 is 0. The van der Waals surface area contributed by atoms with Crippen LogP contribution >= 0.6 is 0 Å². The maximum absolute atomic E-state index is 14.6. The zero-order chi connectivity index (χ0) is 35.1. The summed E-state index contributed by atoms with van der Waals surface area (Å²) in [5, 5.41) is 0. The van der Waals surface area contributed by atoms with Crippen molar-refractivity contribution in [2.45, 2.75) is 130 Å². The van der Waals surface area contributed by atoms with Crippen LogP contribution in [0.15, 0.2) is 66.7 Å². The predicted molar refractivity (Wildman–Crippen MR) is 196 cm³/mol. The van der Waals surface area contributed by atoms with Crippen LogP contribution in [0.4, 0.5) is 4.39 Å². The molecule has 5 nitrogen and oxygen atoms in total. The van der Waals surface area contributed by atoms with Gasteiger partial charge in [-0.25, -0.2) is 14.0 Å². The van der Waals surface area contributed by atoms with Crippen molar-refractivity contribution in [1.82, 2.24) is 0 Å². The van der Waals surface area contributed by atoms with Crippen molar-refractivity contribution in [1.29, 1.82) is 0 Å². The number of unbranched alkanes of at least 4 members (excludes halogenated alkanes) is 13. The molecular formula is C43H55FO5. The first-order chi connectivity index (χ1) is 23.9. The highest BCUT2D eigenvalue weighted by molar-refractivity contribution is 5.91. The number of hydrogen-bond acceptors (Lipinski definition) is 5. The molecular weight excluding hydrogens is 615 g/mol. The molecule has 49 heavy (non-hydrogen) atoms. The highest BCUT2D eigenvalue weighted by Gasteiger charge is 2.12. The van der Waals surface area contributed by atoms with E-state index in [2.05, 4.69) is 25.7 Å². The lowest BCUT2D eigenvalue weighted by molar-refractivity contribution is -0.128. The predicted octanol–water partition coefficient (Wildman–Crippen LogP) is 11.7. The molecule has 0 aliphatic rings. The fraction of sp³-hybridized carbons (Fsp3) is 0.488. The van der Waals surface area contributed by atoms with Crippen molar-refractivity contribution in [2.75, 3.05) is 6.61 Å². The van der Waals surface area contributed by atoms with Crippen LogP contribution in [-0.2, 0) is 9.53 Å². The molecule has 0 aliphatic heterocycles. The third-order valence-corrected chi connectivity index (χ3v) is 8.54. The summed E-state index contributed by atoms with van der Waals surface area (Å²) in [7, 11) is 0. The Morgan fingerprint density at radius 1 is 0.694 bits per heavy atom. The molecule has 6 heteroatoms. The molecule has 3 rings (SSSR count). The number of hydrogen-bond donors (Lipinski definition) is 0. The van der Waals surface area contributed by atoms with Gasteiger partial charge in [-0.05, 0) is 79.8 Å². The third kappa shape index (κ3) is 15.8. The van der Waals surface area contributed by atoms with Crippen molar-refractivity contribution in [3.05, 3.63) is 83.7 Å². The second kappa shape index (κ2) is 23.3. The molecule has 0 N–H and O–H groups in total. The van der Waals surface area contributed by atoms with Crippen LogP contribution in [0.2, 0.25) is 0 Å². The second-order valence-electron chi connectivity index (χ2n) is 12.8. The molecule has 0 aliphatic carbocycles. The largest absolute Gasteiger partial charge is 0.491 e. The first-order valence-corrected chi connectivity index (χ1v) is 18.5. The van der Waals surface area contributed by atoms with E-state index in [9.17, 15) is 14.0 Å². The van der Waals surface area contributed by atoms with Crippen molar-refractivity contribution < 1.29 is 28.2 Å². The lowest BCUT2D eigenvalue weighted by Gasteiger charge is -2.13. The number of halogens is 1. The van der Waals surface area contributed by atoms with Gasteiger partial charge in [-0.1, -0.05) is 128 Å². The van der Waals surface area contributed by atoms with E-state index in [0.29, 0.717) is 23.5 Å². The van der Waals surface area contributed by atoms with Gasteiger partial charge < -0.3 is 14.2 Å². The molecule has 0 unspecified atom stereocenters. The average Bonchev–Trinajstić information content (AvgIpc) is 3.11. The van der Waals surface area contributed by atoms with Gasteiger partial charge in [0.25, 0.3) is 0 Å². The standard InChI is InChI=1S/C43H55FO5/c1-4-6-8-10-11-12-13-14-15-16-18-32-47-41-30-20-35(33-40(41)44)21-31-42(45)49-39-28-26-37(27-29-39)36-22-24-38(25-23-36)43(46)48-34(3)19-17-9-7-5-2/h20,22-30,33-34H,4-19,32H2,1-3H3/t34-/m0/s1. The highest BCUT2D eigenvalue weighted by Crippen LogP contribution is 2.24. The Bertz CT molecular complexity index is 1450. The Morgan fingerprint density at radius 3 is 1.84 bits per heavy atom. The van der Waals surface area contributed by atoms with Crippen molar-refractivity contribution >= 4 is 11.9 Å². The minimum absolute atomic E-state index is 0.112. The van der Waals surface area contributed by atoms with Crippen LogP contribution in [0.1, 0.15) is 139 Å². The van der Waals surface area contributed by atoms with E-state index < -0.39 is 11.8 Å². The summed E-state index contributed by atoms with van der Waals surface area (Å²) in [6.45, 7) is 6.83. The molecule has 264 valence electrons. The smallest absolute Gasteiger partial charge is 0.390 e. The average molecular weight is 671 g/mol. The second-order valence-corrected chi connectivity index (χ2v) is 12.8. The van der Waals surface area contributed by atoms with Crippen LogP contribution in [0.5, 0.6) is 11.5 Å². The van der Waals surface area contributed by atoms with E-state index in [1.54, 1.807) is 36.4 Å². The fourth-order valence-electron chi connectivity index (χ4n) is 5.58. The Kier molecular flexibility index (Phi) is 18.7. The highest BCUT2D eigenvalue weighted by atomic mass is 19.1. The summed E-state index contributed by atoms with van der Waals surface area (Å²) in [6.07, 6.45) is 19.1. The van der Waals surface area contributed by atoms with Crippen LogP contribution in [0.3, 0.4) is 0 Å². The van der Waals surface area contributed by atoms with Gasteiger partial charge in [0, 0.05) is 11.5 Å². The molecule has 0 spiro atoms. The first kappa shape index (κ1) is 39.3. The van der Waals surface area contributed by atoms with Gasteiger partial charge in [0.05, 0.1) is 18.3 Å². The SMILES string of the molecule is CCCCCCCCCCCCCOc1ccc(C#CC(=O)Oc2ccc(-c3ccc(C(=O)O[C@@H](C)CCCCCC)cc3)cc2)cc1F. The molecule has 0 saturated carbocycles. The Balaban J connectivity index is 1.37. The molecule has 0 radical (unpaired) electrons. The third-order valence-electron chi connectivity index (χ3n) is 8.54. The minimum Gasteiger partial charge on any atom is -0.491 e. The lowest BCUT2D eigenvalue weighted by atomic mass is 10.0. The Hall–Kier alpha value is -4.11. The van der Waals surface area contributed by atoms with E-state index in [0.717, 1.165) is 43.2 Å². The van der Waals surface area contributed by atoms with Gasteiger partial charge in [-0.3, -0.25) is 0 Å². The summed E-state index contributed by atoms with van der Waals surface area (Å²) in [4.78, 5) is 24.9. The van der Waals surface area contributed by atoms with Crippen LogP contribution < -0.4 is 9.47 Å². The zero-order valence-electron chi connectivity index (χ0n) is 29.9. The summed E-state index contributed by atoms with van der Waals surface area (Å²) < 4.78 is 31.1. The van der Waals surface area contributed by atoms with Gasteiger partial charge in [0.1, 0.15) is 5.75 Å². The molecule has 0 saturated heterocycles. The Labute approximate surface area is 293 Å². The van der Waals surface area contributed by atoms with E-state index >= 15 is 0 Å². The molecule has 0 amide bonds. The molecule has 0 heterocycles. The molecule has 0 aromatic heterocycles. The van der Waals surface area contributed by atoms with Crippen molar-refractivity contribution in [3.63, 3.8) is 0 Å². The van der Waals surface area contributed by atoms with Gasteiger partial charge in [-0.15, -0.1) is 0 Å². The van der Waals surface area contributed by atoms with Gasteiger partial charge in [0.2, 0.25) is 0 Å². The molecule has 3 aromatic rings. The van der Waals surface area contributed by atoms with Gasteiger partial charge >= 0.3 is 11.9 Å². The molecule has 0 fully saturated rings. The van der Waals surface area contributed by atoms with Crippen molar-refractivity contribution in [3.8, 4) is 34.5 Å². The van der Waals surface area contributed by atoms with E-state index in [1.165, 1.54) is 76.7 Å². The van der Waals surface area contributed by atoms with Crippen LogP contribution in [-0.4, -0.2) is 24.6 Å². The topological polar surface area (TPSA) is 61.8 Å². The fourth-order valence-corrected chi connectivity index (χ4v) is 5.58. The number of esters is 2.